The Hall–Kier alpha value is -1.80. The zero-order chi connectivity index (χ0) is 11.7. The van der Waals surface area contributed by atoms with Gasteiger partial charge in [0.05, 0.1) is 11.0 Å². The monoisotopic (exact) mass is 242 g/mol. The molecular weight excluding hydrogens is 232 g/mol. The van der Waals surface area contributed by atoms with E-state index in [9.17, 15) is 0 Å². The van der Waals surface area contributed by atoms with Crippen molar-refractivity contribution in [2.75, 3.05) is 0 Å². The predicted molar refractivity (Wildman–Crippen MR) is 71.1 cm³/mol. The van der Waals surface area contributed by atoms with Crippen molar-refractivity contribution in [1.29, 1.82) is 0 Å². The number of imidazole rings is 1. The fraction of sp³-hybridized carbons (Fsp3) is 0.0714. The first-order chi connectivity index (χ1) is 8.36. The molecule has 2 aromatic carbocycles. The molecule has 0 fully saturated rings. The van der Waals surface area contributed by atoms with Gasteiger partial charge in [0.15, 0.2) is 0 Å². The number of alkyl halides is 1. The van der Waals surface area contributed by atoms with Gasteiger partial charge < -0.3 is 4.98 Å². The Labute approximate surface area is 104 Å². The molecule has 0 spiro atoms. The number of fused-ring (bicyclic) bond motifs is 1. The van der Waals surface area contributed by atoms with Crippen LogP contribution in [0.25, 0.3) is 22.4 Å². The lowest BCUT2D eigenvalue weighted by molar-refractivity contribution is 1.33. The summed E-state index contributed by atoms with van der Waals surface area (Å²) in [6.45, 7) is 0. The molecule has 0 aliphatic rings. The Morgan fingerprint density at radius 1 is 1.06 bits per heavy atom. The summed E-state index contributed by atoms with van der Waals surface area (Å²) < 4.78 is 0. The molecule has 3 heteroatoms. The normalized spacial score (nSPS) is 10.9. The molecule has 0 aliphatic heterocycles. The van der Waals surface area contributed by atoms with E-state index in [-0.39, 0.29) is 0 Å². The zero-order valence-electron chi connectivity index (χ0n) is 9.15. The highest BCUT2D eigenvalue weighted by Crippen LogP contribution is 2.21. The van der Waals surface area contributed by atoms with Gasteiger partial charge in [-0.05, 0) is 17.7 Å². The standard InChI is InChI=1S/C14H11ClN2/c15-9-10-6-7-12-13(8-10)17-14(16-12)11-4-2-1-3-5-11/h1-8H,9H2,(H,16,17). The molecule has 1 heterocycles. The first kappa shape index (κ1) is 10.4. The third-order valence-electron chi connectivity index (χ3n) is 2.75. The Balaban J connectivity index is 2.14. The third-order valence-corrected chi connectivity index (χ3v) is 3.06. The molecule has 0 radical (unpaired) electrons. The van der Waals surface area contributed by atoms with E-state index in [1.807, 2.05) is 48.5 Å². The van der Waals surface area contributed by atoms with E-state index in [4.69, 9.17) is 11.6 Å². The summed E-state index contributed by atoms with van der Waals surface area (Å²) in [7, 11) is 0. The van der Waals surface area contributed by atoms with Crippen LogP contribution in [0.5, 0.6) is 0 Å². The molecular formula is C14H11ClN2. The number of nitrogens with one attached hydrogen (secondary N) is 1. The molecule has 17 heavy (non-hydrogen) atoms. The van der Waals surface area contributed by atoms with E-state index in [2.05, 4.69) is 9.97 Å². The molecule has 0 bridgehead atoms. The van der Waals surface area contributed by atoms with Gasteiger partial charge in [0, 0.05) is 11.4 Å². The molecule has 0 saturated carbocycles. The van der Waals surface area contributed by atoms with Gasteiger partial charge in [0.1, 0.15) is 5.82 Å². The number of hydrogen-bond donors (Lipinski definition) is 1. The minimum Gasteiger partial charge on any atom is -0.338 e. The van der Waals surface area contributed by atoms with Crippen LogP contribution < -0.4 is 0 Å². The topological polar surface area (TPSA) is 28.7 Å². The maximum atomic E-state index is 5.82. The third kappa shape index (κ3) is 1.92. The van der Waals surface area contributed by atoms with Crippen LogP contribution in [0.1, 0.15) is 5.56 Å². The molecule has 0 saturated heterocycles. The molecule has 3 rings (SSSR count). The lowest BCUT2D eigenvalue weighted by atomic mass is 10.2. The van der Waals surface area contributed by atoms with Crippen LogP contribution in [0, 0.1) is 0 Å². The van der Waals surface area contributed by atoms with Gasteiger partial charge in [-0.25, -0.2) is 4.98 Å². The average molecular weight is 243 g/mol. The highest BCUT2D eigenvalue weighted by atomic mass is 35.5. The Bertz CT molecular complexity index is 644. The number of benzene rings is 2. The van der Waals surface area contributed by atoms with E-state index in [0.29, 0.717) is 5.88 Å². The molecule has 0 atom stereocenters. The van der Waals surface area contributed by atoms with Crippen LogP contribution in [0.2, 0.25) is 0 Å². The van der Waals surface area contributed by atoms with Crippen molar-refractivity contribution < 1.29 is 0 Å². The Morgan fingerprint density at radius 3 is 2.65 bits per heavy atom. The number of rotatable bonds is 2. The molecule has 0 aliphatic carbocycles. The lowest BCUT2D eigenvalue weighted by Crippen LogP contribution is -1.78. The van der Waals surface area contributed by atoms with Crippen molar-refractivity contribution in [2.45, 2.75) is 5.88 Å². The lowest BCUT2D eigenvalue weighted by Gasteiger charge is -1.93. The minimum absolute atomic E-state index is 0.523. The summed E-state index contributed by atoms with van der Waals surface area (Å²) in [6, 6.07) is 16.1. The number of H-pyrrole nitrogens is 1. The largest absolute Gasteiger partial charge is 0.338 e. The van der Waals surface area contributed by atoms with Gasteiger partial charge in [-0.3, -0.25) is 0 Å². The maximum Gasteiger partial charge on any atom is 0.138 e. The molecule has 2 nitrogen and oxygen atoms in total. The minimum atomic E-state index is 0.523. The van der Waals surface area contributed by atoms with Crippen molar-refractivity contribution >= 4 is 22.6 Å². The van der Waals surface area contributed by atoms with E-state index in [1.165, 1.54) is 0 Å². The maximum absolute atomic E-state index is 5.82. The number of aromatic nitrogens is 2. The fourth-order valence-corrected chi connectivity index (χ4v) is 2.04. The first-order valence-corrected chi connectivity index (χ1v) is 6.00. The van der Waals surface area contributed by atoms with Crippen molar-refractivity contribution in [2.24, 2.45) is 0 Å². The zero-order valence-corrected chi connectivity index (χ0v) is 9.91. The van der Waals surface area contributed by atoms with Gasteiger partial charge in [0.2, 0.25) is 0 Å². The summed E-state index contributed by atoms with van der Waals surface area (Å²) in [5.74, 6) is 1.42. The quantitative estimate of drug-likeness (QED) is 0.677. The number of aromatic amines is 1. The molecule has 1 aromatic heterocycles. The van der Waals surface area contributed by atoms with Crippen molar-refractivity contribution in [3.8, 4) is 11.4 Å². The highest BCUT2D eigenvalue weighted by molar-refractivity contribution is 6.17. The number of nitrogens with zero attached hydrogens (tertiary/aromatic N) is 1. The molecule has 0 unspecified atom stereocenters. The second-order valence-corrected chi connectivity index (χ2v) is 4.20. The van der Waals surface area contributed by atoms with Crippen LogP contribution in [-0.4, -0.2) is 9.97 Å². The van der Waals surface area contributed by atoms with Crippen LogP contribution >= 0.6 is 11.6 Å². The summed E-state index contributed by atoms with van der Waals surface area (Å²) in [4.78, 5) is 7.88. The molecule has 0 amide bonds. The van der Waals surface area contributed by atoms with E-state index in [0.717, 1.165) is 28.0 Å². The number of hydrogen-bond acceptors (Lipinski definition) is 1. The molecule has 84 valence electrons. The van der Waals surface area contributed by atoms with Gasteiger partial charge in [-0.1, -0.05) is 36.4 Å². The Morgan fingerprint density at radius 2 is 1.88 bits per heavy atom. The van der Waals surface area contributed by atoms with Crippen LogP contribution in [-0.2, 0) is 5.88 Å². The van der Waals surface area contributed by atoms with Crippen LogP contribution in [0.15, 0.2) is 48.5 Å². The van der Waals surface area contributed by atoms with Gasteiger partial charge >= 0.3 is 0 Å². The predicted octanol–water partition coefficient (Wildman–Crippen LogP) is 3.97. The second kappa shape index (κ2) is 4.22. The second-order valence-electron chi connectivity index (χ2n) is 3.94. The Kier molecular flexibility index (Phi) is 2.57. The summed E-state index contributed by atoms with van der Waals surface area (Å²) in [6.07, 6.45) is 0. The fourth-order valence-electron chi connectivity index (χ4n) is 1.87. The van der Waals surface area contributed by atoms with Gasteiger partial charge in [-0.2, -0.15) is 0 Å². The average Bonchev–Trinajstić information content (AvgIpc) is 2.82. The van der Waals surface area contributed by atoms with Crippen LogP contribution in [0.3, 0.4) is 0 Å². The smallest absolute Gasteiger partial charge is 0.138 e. The van der Waals surface area contributed by atoms with E-state index < -0.39 is 0 Å². The van der Waals surface area contributed by atoms with Crippen LogP contribution in [0.4, 0.5) is 0 Å². The van der Waals surface area contributed by atoms with Crippen molar-refractivity contribution in [3.63, 3.8) is 0 Å². The SMILES string of the molecule is ClCc1ccc2nc(-c3ccccc3)[nH]c2c1. The molecule has 1 N–H and O–H groups in total. The van der Waals surface area contributed by atoms with E-state index >= 15 is 0 Å². The van der Waals surface area contributed by atoms with Gasteiger partial charge in [-0.15, -0.1) is 11.6 Å². The summed E-state index contributed by atoms with van der Waals surface area (Å²) in [5, 5.41) is 0. The van der Waals surface area contributed by atoms with Crippen molar-refractivity contribution in [1.82, 2.24) is 9.97 Å². The van der Waals surface area contributed by atoms with E-state index in [1.54, 1.807) is 0 Å². The van der Waals surface area contributed by atoms with Crippen molar-refractivity contribution in [3.05, 3.63) is 54.1 Å². The number of halogens is 1. The summed E-state index contributed by atoms with van der Waals surface area (Å²) >= 11 is 5.82. The van der Waals surface area contributed by atoms with Gasteiger partial charge in [0.25, 0.3) is 0 Å². The first-order valence-electron chi connectivity index (χ1n) is 5.47. The summed E-state index contributed by atoms with van der Waals surface area (Å²) in [5.41, 5.74) is 4.19. The highest BCUT2D eigenvalue weighted by Gasteiger charge is 2.04. The molecule has 3 aromatic rings.